The summed E-state index contributed by atoms with van der Waals surface area (Å²) in [7, 11) is 0. The zero-order chi connectivity index (χ0) is 14.8. The van der Waals surface area contributed by atoms with Crippen molar-refractivity contribution in [1.82, 2.24) is 14.8 Å². The highest BCUT2D eigenvalue weighted by Crippen LogP contribution is 2.23. The number of benzene rings is 2. The van der Waals surface area contributed by atoms with Crippen molar-refractivity contribution in [2.45, 2.75) is 32.4 Å². The van der Waals surface area contributed by atoms with Crippen molar-refractivity contribution in [1.29, 1.82) is 0 Å². The lowest BCUT2D eigenvalue weighted by atomic mass is 10.0. The first-order valence-corrected chi connectivity index (χ1v) is 7.20. The van der Waals surface area contributed by atoms with E-state index in [0.29, 0.717) is 6.42 Å². The zero-order valence-electron chi connectivity index (χ0n) is 12.3. The summed E-state index contributed by atoms with van der Waals surface area (Å²) in [4.78, 5) is 4.26. The standard InChI is InChI=1S/C17H19N3O/c1-12(2)20-17(18-11-19-20)10-16(21)15-8-7-13-5-3-4-6-14(13)9-15/h3-9,11-12,16,21H,10H2,1-2H3. The van der Waals surface area contributed by atoms with E-state index in [9.17, 15) is 5.11 Å². The summed E-state index contributed by atoms with van der Waals surface area (Å²) in [6.07, 6.45) is 1.44. The molecule has 0 radical (unpaired) electrons. The van der Waals surface area contributed by atoms with Crippen LogP contribution in [-0.2, 0) is 6.42 Å². The fourth-order valence-corrected chi connectivity index (χ4v) is 2.56. The van der Waals surface area contributed by atoms with E-state index in [1.54, 1.807) is 6.33 Å². The molecule has 1 N–H and O–H groups in total. The summed E-state index contributed by atoms with van der Waals surface area (Å²) in [6.45, 7) is 4.11. The van der Waals surface area contributed by atoms with E-state index in [1.807, 2.05) is 35.0 Å². The van der Waals surface area contributed by atoms with E-state index in [2.05, 4.69) is 36.1 Å². The minimum absolute atomic E-state index is 0.242. The second-order valence-electron chi connectivity index (χ2n) is 5.54. The molecule has 0 saturated carbocycles. The minimum Gasteiger partial charge on any atom is -0.388 e. The largest absolute Gasteiger partial charge is 0.388 e. The molecule has 0 amide bonds. The van der Waals surface area contributed by atoms with Crippen LogP contribution in [0.25, 0.3) is 10.8 Å². The summed E-state index contributed by atoms with van der Waals surface area (Å²) in [5, 5.41) is 17.0. The predicted molar refractivity (Wildman–Crippen MR) is 83.0 cm³/mol. The highest BCUT2D eigenvalue weighted by molar-refractivity contribution is 5.83. The van der Waals surface area contributed by atoms with Gasteiger partial charge < -0.3 is 5.11 Å². The number of hydrogen-bond acceptors (Lipinski definition) is 3. The first kappa shape index (κ1) is 13.8. The number of nitrogens with zero attached hydrogens (tertiary/aromatic N) is 3. The topological polar surface area (TPSA) is 50.9 Å². The Morgan fingerprint density at radius 2 is 1.86 bits per heavy atom. The summed E-state index contributed by atoms with van der Waals surface area (Å²) < 4.78 is 1.85. The molecule has 108 valence electrons. The Hall–Kier alpha value is -2.20. The molecule has 3 rings (SSSR count). The Morgan fingerprint density at radius 1 is 1.10 bits per heavy atom. The van der Waals surface area contributed by atoms with E-state index in [1.165, 1.54) is 5.39 Å². The second-order valence-corrected chi connectivity index (χ2v) is 5.54. The average molecular weight is 281 g/mol. The quantitative estimate of drug-likeness (QED) is 0.798. The van der Waals surface area contributed by atoms with Crippen LogP contribution in [-0.4, -0.2) is 19.9 Å². The van der Waals surface area contributed by atoms with Gasteiger partial charge >= 0.3 is 0 Å². The molecule has 21 heavy (non-hydrogen) atoms. The SMILES string of the molecule is CC(C)n1ncnc1CC(O)c1ccc2ccccc2c1. The molecule has 4 heteroatoms. The van der Waals surface area contributed by atoms with Gasteiger partial charge in [-0.3, -0.25) is 0 Å². The van der Waals surface area contributed by atoms with E-state index < -0.39 is 6.10 Å². The lowest BCUT2D eigenvalue weighted by molar-refractivity contribution is 0.173. The van der Waals surface area contributed by atoms with Gasteiger partial charge in [0.2, 0.25) is 0 Å². The van der Waals surface area contributed by atoms with Gasteiger partial charge in [0.05, 0.1) is 6.10 Å². The van der Waals surface area contributed by atoms with Crippen LogP contribution in [0.3, 0.4) is 0 Å². The molecule has 0 aliphatic heterocycles. The van der Waals surface area contributed by atoms with E-state index in [4.69, 9.17) is 0 Å². The van der Waals surface area contributed by atoms with Crippen molar-refractivity contribution < 1.29 is 5.11 Å². The first-order valence-electron chi connectivity index (χ1n) is 7.20. The van der Waals surface area contributed by atoms with Crippen LogP contribution < -0.4 is 0 Å². The summed E-state index contributed by atoms with van der Waals surface area (Å²) in [5.41, 5.74) is 0.909. The molecule has 0 bridgehead atoms. The highest BCUT2D eigenvalue weighted by Gasteiger charge is 2.15. The summed E-state index contributed by atoms with van der Waals surface area (Å²) >= 11 is 0. The Labute approximate surface area is 124 Å². The average Bonchev–Trinajstić information content (AvgIpc) is 2.95. The molecule has 0 aliphatic rings. The Kier molecular flexibility index (Phi) is 3.71. The molecule has 1 unspecified atom stereocenters. The van der Waals surface area contributed by atoms with Gasteiger partial charge in [-0.15, -0.1) is 0 Å². The molecule has 0 spiro atoms. The fourth-order valence-electron chi connectivity index (χ4n) is 2.56. The second kappa shape index (κ2) is 5.66. The summed E-state index contributed by atoms with van der Waals surface area (Å²) in [5.74, 6) is 0.811. The third kappa shape index (κ3) is 2.81. The van der Waals surface area contributed by atoms with Crippen LogP contribution in [0, 0.1) is 0 Å². The predicted octanol–water partition coefficient (Wildman–Crippen LogP) is 3.29. The lowest BCUT2D eigenvalue weighted by Crippen LogP contribution is -2.12. The highest BCUT2D eigenvalue weighted by atomic mass is 16.3. The van der Waals surface area contributed by atoms with Crippen molar-refractivity contribution in [2.75, 3.05) is 0 Å². The first-order chi connectivity index (χ1) is 10.1. The van der Waals surface area contributed by atoms with Gasteiger partial charge in [-0.2, -0.15) is 5.10 Å². The molecule has 4 nitrogen and oxygen atoms in total. The maximum absolute atomic E-state index is 10.5. The lowest BCUT2D eigenvalue weighted by Gasteiger charge is -2.14. The number of rotatable bonds is 4. The normalized spacial score (nSPS) is 13.0. The van der Waals surface area contributed by atoms with Crippen molar-refractivity contribution in [3.63, 3.8) is 0 Å². The Bertz CT molecular complexity index is 748. The maximum Gasteiger partial charge on any atom is 0.138 e. The fraction of sp³-hybridized carbons (Fsp3) is 0.294. The van der Waals surface area contributed by atoms with Crippen molar-refractivity contribution >= 4 is 10.8 Å². The smallest absolute Gasteiger partial charge is 0.138 e. The van der Waals surface area contributed by atoms with Crippen LogP contribution >= 0.6 is 0 Å². The molecule has 3 aromatic rings. The number of aliphatic hydroxyl groups is 1. The molecule has 0 aliphatic carbocycles. The summed E-state index contributed by atoms with van der Waals surface area (Å²) in [6, 6.07) is 14.5. The molecule has 2 aromatic carbocycles. The third-order valence-electron chi connectivity index (χ3n) is 3.67. The van der Waals surface area contributed by atoms with Crippen LogP contribution in [0.5, 0.6) is 0 Å². The molecular weight excluding hydrogens is 262 g/mol. The molecule has 1 atom stereocenters. The zero-order valence-corrected chi connectivity index (χ0v) is 12.3. The van der Waals surface area contributed by atoms with Gasteiger partial charge in [0.15, 0.2) is 0 Å². The van der Waals surface area contributed by atoms with Crippen molar-refractivity contribution in [2.24, 2.45) is 0 Å². The van der Waals surface area contributed by atoms with Crippen molar-refractivity contribution in [3.05, 3.63) is 60.2 Å². The monoisotopic (exact) mass is 281 g/mol. The molecule has 1 heterocycles. The van der Waals surface area contributed by atoms with Crippen LogP contribution in [0.1, 0.15) is 37.4 Å². The van der Waals surface area contributed by atoms with Gasteiger partial charge in [0, 0.05) is 12.5 Å². The number of aromatic nitrogens is 3. The minimum atomic E-state index is -0.573. The van der Waals surface area contributed by atoms with E-state index >= 15 is 0 Å². The molecule has 1 aromatic heterocycles. The maximum atomic E-state index is 10.5. The number of aliphatic hydroxyl groups excluding tert-OH is 1. The van der Waals surface area contributed by atoms with Crippen LogP contribution in [0.4, 0.5) is 0 Å². The Balaban J connectivity index is 1.86. The third-order valence-corrected chi connectivity index (χ3v) is 3.67. The van der Waals surface area contributed by atoms with Gasteiger partial charge in [-0.05, 0) is 36.2 Å². The number of fused-ring (bicyclic) bond motifs is 1. The van der Waals surface area contributed by atoms with Gasteiger partial charge in [-0.1, -0.05) is 36.4 Å². The van der Waals surface area contributed by atoms with Gasteiger partial charge in [0.1, 0.15) is 12.2 Å². The van der Waals surface area contributed by atoms with Crippen LogP contribution in [0.2, 0.25) is 0 Å². The van der Waals surface area contributed by atoms with Crippen LogP contribution in [0.15, 0.2) is 48.8 Å². The molecule has 0 saturated heterocycles. The van der Waals surface area contributed by atoms with Gasteiger partial charge in [-0.25, -0.2) is 9.67 Å². The molecular formula is C17H19N3O. The Morgan fingerprint density at radius 3 is 2.62 bits per heavy atom. The van der Waals surface area contributed by atoms with E-state index in [0.717, 1.165) is 16.8 Å². The van der Waals surface area contributed by atoms with E-state index in [-0.39, 0.29) is 6.04 Å². The number of hydrogen-bond donors (Lipinski definition) is 1. The van der Waals surface area contributed by atoms with Gasteiger partial charge in [0.25, 0.3) is 0 Å². The van der Waals surface area contributed by atoms with Crippen molar-refractivity contribution in [3.8, 4) is 0 Å². The molecule has 0 fully saturated rings.